The first-order chi connectivity index (χ1) is 8.72. The predicted octanol–water partition coefficient (Wildman–Crippen LogP) is 0.708. The van der Waals surface area contributed by atoms with Gasteiger partial charge in [-0.15, -0.1) is 10.2 Å². The van der Waals surface area contributed by atoms with Gasteiger partial charge in [-0.05, 0) is 6.42 Å². The lowest BCUT2D eigenvalue weighted by molar-refractivity contribution is -0.118. The second-order valence-electron chi connectivity index (χ2n) is 3.86. The van der Waals surface area contributed by atoms with Crippen LogP contribution in [0.15, 0.2) is 11.1 Å². The first-order valence-electron chi connectivity index (χ1n) is 5.73. The molecular formula is C11H15N5OS. The molecule has 0 aliphatic carbocycles. The number of anilines is 1. The molecule has 0 saturated carbocycles. The average Bonchev–Trinajstić information content (AvgIpc) is 2.89. The number of nitrogens with zero attached hydrogens (tertiary/aromatic N) is 4. The van der Waals surface area contributed by atoms with E-state index in [0.717, 1.165) is 23.5 Å². The number of nitrogens with two attached hydrogens (primary N) is 1. The molecule has 0 bridgehead atoms. The van der Waals surface area contributed by atoms with E-state index in [9.17, 15) is 4.79 Å². The minimum Gasteiger partial charge on any atom is -0.330 e. The Morgan fingerprint density at radius 3 is 3.06 bits per heavy atom. The number of dihydropyridines is 1. The van der Waals surface area contributed by atoms with Crippen molar-refractivity contribution in [2.45, 2.75) is 12.8 Å². The Balaban J connectivity index is 2.12. The smallest absolute Gasteiger partial charge is 0.229 e. The van der Waals surface area contributed by atoms with Gasteiger partial charge in [-0.1, -0.05) is 17.4 Å². The zero-order chi connectivity index (χ0) is 13.0. The van der Waals surface area contributed by atoms with Crippen LogP contribution in [0.25, 0.3) is 5.57 Å². The number of aromatic nitrogens is 2. The Hall–Kier alpha value is -1.60. The van der Waals surface area contributed by atoms with E-state index in [4.69, 9.17) is 5.73 Å². The fourth-order valence-corrected chi connectivity index (χ4v) is 2.35. The molecule has 18 heavy (non-hydrogen) atoms. The first kappa shape index (κ1) is 12.8. The van der Waals surface area contributed by atoms with E-state index in [1.54, 1.807) is 13.3 Å². The molecule has 0 saturated heterocycles. The molecule has 2 rings (SSSR count). The predicted molar refractivity (Wildman–Crippen MR) is 72.9 cm³/mol. The van der Waals surface area contributed by atoms with Gasteiger partial charge < -0.3 is 5.73 Å². The van der Waals surface area contributed by atoms with E-state index in [-0.39, 0.29) is 5.91 Å². The van der Waals surface area contributed by atoms with Crippen LogP contribution >= 0.6 is 11.3 Å². The SMILES string of the molecule is CN(C(=O)CCN)c1nnc(C2=CCCN=C2)s1. The second-order valence-corrected chi connectivity index (χ2v) is 4.82. The van der Waals surface area contributed by atoms with Crippen molar-refractivity contribution in [2.75, 3.05) is 25.0 Å². The molecule has 1 amide bonds. The topological polar surface area (TPSA) is 84.5 Å². The monoisotopic (exact) mass is 265 g/mol. The molecule has 0 aromatic carbocycles. The van der Waals surface area contributed by atoms with Crippen molar-refractivity contribution in [1.29, 1.82) is 0 Å². The van der Waals surface area contributed by atoms with Gasteiger partial charge in [0.05, 0.1) is 0 Å². The maximum absolute atomic E-state index is 11.7. The van der Waals surface area contributed by atoms with Crippen molar-refractivity contribution in [3.63, 3.8) is 0 Å². The van der Waals surface area contributed by atoms with E-state index in [1.807, 2.05) is 0 Å². The van der Waals surface area contributed by atoms with Crippen molar-refractivity contribution in [2.24, 2.45) is 10.7 Å². The van der Waals surface area contributed by atoms with E-state index in [2.05, 4.69) is 21.3 Å². The van der Waals surface area contributed by atoms with Crippen LogP contribution in [-0.2, 0) is 4.79 Å². The minimum absolute atomic E-state index is 0.0495. The highest BCUT2D eigenvalue weighted by molar-refractivity contribution is 7.16. The molecule has 1 aromatic rings. The zero-order valence-electron chi connectivity index (χ0n) is 10.2. The van der Waals surface area contributed by atoms with Crippen LogP contribution in [0.5, 0.6) is 0 Å². The van der Waals surface area contributed by atoms with Crippen LogP contribution in [0.3, 0.4) is 0 Å². The third kappa shape index (κ3) is 2.80. The van der Waals surface area contributed by atoms with E-state index >= 15 is 0 Å². The number of rotatable bonds is 4. The maximum atomic E-state index is 11.7. The summed E-state index contributed by atoms with van der Waals surface area (Å²) in [7, 11) is 1.69. The molecule has 2 N–H and O–H groups in total. The van der Waals surface area contributed by atoms with Crippen LogP contribution in [0.1, 0.15) is 17.8 Å². The van der Waals surface area contributed by atoms with Gasteiger partial charge in [0.2, 0.25) is 11.0 Å². The Morgan fingerprint density at radius 1 is 1.56 bits per heavy atom. The maximum Gasteiger partial charge on any atom is 0.229 e. The molecule has 0 unspecified atom stereocenters. The van der Waals surface area contributed by atoms with Gasteiger partial charge in [-0.2, -0.15) is 0 Å². The highest BCUT2D eigenvalue weighted by Crippen LogP contribution is 2.25. The van der Waals surface area contributed by atoms with Gasteiger partial charge in [0, 0.05) is 38.3 Å². The van der Waals surface area contributed by atoms with E-state index in [1.165, 1.54) is 16.2 Å². The summed E-state index contributed by atoms with van der Waals surface area (Å²) in [5.41, 5.74) is 6.34. The number of hydrogen-bond donors (Lipinski definition) is 1. The third-order valence-corrected chi connectivity index (χ3v) is 3.58. The molecule has 0 atom stereocenters. The van der Waals surface area contributed by atoms with Gasteiger partial charge in [0.25, 0.3) is 0 Å². The second kappa shape index (κ2) is 5.83. The van der Waals surface area contributed by atoms with E-state index < -0.39 is 0 Å². The Bertz CT molecular complexity index is 493. The summed E-state index contributed by atoms with van der Waals surface area (Å²) in [6.45, 7) is 1.16. The first-order valence-corrected chi connectivity index (χ1v) is 6.54. The van der Waals surface area contributed by atoms with Crippen LogP contribution in [0.4, 0.5) is 5.13 Å². The number of aliphatic imine (C=N–C) groups is 1. The van der Waals surface area contributed by atoms with E-state index in [0.29, 0.717) is 18.1 Å². The summed E-state index contributed by atoms with van der Waals surface area (Å²) < 4.78 is 0. The number of carbonyl (C=O) groups is 1. The summed E-state index contributed by atoms with van der Waals surface area (Å²) in [6, 6.07) is 0. The largest absolute Gasteiger partial charge is 0.330 e. The van der Waals surface area contributed by atoms with Crippen molar-refractivity contribution in [3.05, 3.63) is 11.1 Å². The Kier molecular flexibility index (Phi) is 4.16. The molecule has 96 valence electrons. The molecule has 1 aromatic heterocycles. The number of allylic oxidation sites excluding steroid dienone is 1. The lowest BCUT2D eigenvalue weighted by Gasteiger charge is -2.11. The van der Waals surface area contributed by atoms with Gasteiger partial charge in [0.15, 0.2) is 5.01 Å². The molecule has 2 heterocycles. The number of hydrogen-bond acceptors (Lipinski definition) is 6. The van der Waals surface area contributed by atoms with Crippen molar-refractivity contribution in [3.8, 4) is 0 Å². The molecule has 1 aliphatic heterocycles. The summed E-state index contributed by atoms with van der Waals surface area (Å²) in [5.74, 6) is -0.0495. The highest BCUT2D eigenvalue weighted by atomic mass is 32.1. The van der Waals surface area contributed by atoms with Crippen LogP contribution in [0, 0.1) is 0 Å². The summed E-state index contributed by atoms with van der Waals surface area (Å²) in [5, 5.41) is 9.49. The normalized spacial score (nSPS) is 14.4. The highest BCUT2D eigenvalue weighted by Gasteiger charge is 2.16. The van der Waals surface area contributed by atoms with Crippen molar-refractivity contribution < 1.29 is 4.79 Å². The molecule has 0 fully saturated rings. The standard InChI is InChI=1S/C11H15N5OS/c1-16(9(17)4-5-12)11-15-14-10(18-11)8-3-2-6-13-7-8/h3,7H,2,4-6,12H2,1H3. The third-order valence-electron chi connectivity index (χ3n) is 2.53. The van der Waals surface area contributed by atoms with Gasteiger partial charge >= 0.3 is 0 Å². The number of amides is 1. The fraction of sp³-hybridized carbons (Fsp3) is 0.455. The molecular weight excluding hydrogens is 250 g/mol. The summed E-state index contributed by atoms with van der Waals surface area (Å²) in [6.07, 6.45) is 5.12. The van der Waals surface area contributed by atoms with Crippen LogP contribution in [0.2, 0.25) is 0 Å². The van der Waals surface area contributed by atoms with Gasteiger partial charge in [0.1, 0.15) is 0 Å². The quantitative estimate of drug-likeness (QED) is 0.868. The average molecular weight is 265 g/mol. The minimum atomic E-state index is -0.0495. The van der Waals surface area contributed by atoms with Crippen molar-refractivity contribution in [1.82, 2.24) is 10.2 Å². The summed E-state index contributed by atoms with van der Waals surface area (Å²) >= 11 is 1.38. The molecule has 0 radical (unpaired) electrons. The van der Waals surface area contributed by atoms with Crippen LogP contribution < -0.4 is 10.6 Å². The van der Waals surface area contributed by atoms with Crippen molar-refractivity contribution >= 4 is 34.2 Å². The van der Waals surface area contributed by atoms with Gasteiger partial charge in [-0.25, -0.2) is 0 Å². The van der Waals surface area contributed by atoms with Crippen LogP contribution in [-0.4, -0.2) is 42.5 Å². The Morgan fingerprint density at radius 2 is 2.39 bits per heavy atom. The lowest BCUT2D eigenvalue weighted by Crippen LogP contribution is -2.27. The van der Waals surface area contributed by atoms with Gasteiger partial charge in [-0.3, -0.25) is 14.7 Å². The number of carbonyl (C=O) groups excluding carboxylic acids is 1. The molecule has 7 heteroatoms. The Labute approximate surface area is 109 Å². The molecule has 6 nitrogen and oxygen atoms in total. The fourth-order valence-electron chi connectivity index (χ4n) is 1.52. The molecule has 0 spiro atoms. The summed E-state index contributed by atoms with van der Waals surface area (Å²) in [4.78, 5) is 17.4. The molecule has 1 aliphatic rings. The zero-order valence-corrected chi connectivity index (χ0v) is 11.0. The lowest BCUT2D eigenvalue weighted by atomic mass is 10.2.